The van der Waals surface area contributed by atoms with Crippen molar-refractivity contribution in [2.75, 3.05) is 7.11 Å². The lowest BCUT2D eigenvalue weighted by molar-refractivity contribution is -0.124. The number of hydrogen-bond acceptors (Lipinski definition) is 5. The molecule has 1 saturated heterocycles. The van der Waals surface area contributed by atoms with Crippen LogP contribution in [-0.4, -0.2) is 28.3 Å². The first-order chi connectivity index (χ1) is 15.0. The molecule has 1 aliphatic carbocycles. The van der Waals surface area contributed by atoms with E-state index in [-0.39, 0.29) is 11.9 Å². The van der Waals surface area contributed by atoms with Crippen LogP contribution in [0.1, 0.15) is 48.8 Å². The zero-order valence-electron chi connectivity index (χ0n) is 17.9. The van der Waals surface area contributed by atoms with E-state index >= 15 is 0 Å². The summed E-state index contributed by atoms with van der Waals surface area (Å²) in [6.07, 6.45) is 7.57. The smallest absolute Gasteiger partial charge is 0.266 e. The molecule has 0 unspecified atom stereocenters. The van der Waals surface area contributed by atoms with Crippen LogP contribution in [0, 0.1) is 6.92 Å². The molecule has 1 heterocycles. The van der Waals surface area contributed by atoms with Gasteiger partial charge in [-0.25, -0.2) is 0 Å². The second-order valence-electron chi connectivity index (χ2n) is 8.03. The van der Waals surface area contributed by atoms with Crippen molar-refractivity contribution in [1.29, 1.82) is 0 Å². The zero-order valence-corrected chi connectivity index (χ0v) is 19.6. The third kappa shape index (κ3) is 5.13. The molecular formula is C25H27NO3S2. The van der Waals surface area contributed by atoms with Crippen LogP contribution in [0.25, 0.3) is 6.08 Å². The molecule has 31 heavy (non-hydrogen) atoms. The van der Waals surface area contributed by atoms with Gasteiger partial charge in [0.2, 0.25) is 0 Å². The first kappa shape index (κ1) is 21.9. The summed E-state index contributed by atoms with van der Waals surface area (Å²) < 4.78 is 12.2. The highest BCUT2D eigenvalue weighted by Crippen LogP contribution is 2.38. The topological polar surface area (TPSA) is 38.8 Å². The average molecular weight is 454 g/mol. The van der Waals surface area contributed by atoms with E-state index in [1.165, 1.54) is 36.6 Å². The number of carbonyl (C=O) groups excluding carboxylic acids is 1. The van der Waals surface area contributed by atoms with Gasteiger partial charge in [-0.05, 0) is 49.1 Å². The van der Waals surface area contributed by atoms with Gasteiger partial charge in [-0.3, -0.25) is 9.69 Å². The molecule has 0 bridgehead atoms. The molecule has 0 aromatic heterocycles. The van der Waals surface area contributed by atoms with Gasteiger partial charge in [0.05, 0.1) is 12.0 Å². The lowest BCUT2D eigenvalue weighted by atomic mass is 9.94. The predicted octanol–water partition coefficient (Wildman–Crippen LogP) is 6.12. The van der Waals surface area contributed by atoms with Crippen LogP contribution in [0.3, 0.4) is 0 Å². The first-order valence-corrected chi connectivity index (χ1v) is 11.9. The fraction of sp³-hybridized carbons (Fsp3) is 0.360. The molecule has 4 rings (SSSR count). The van der Waals surface area contributed by atoms with Crippen molar-refractivity contribution >= 4 is 40.3 Å². The number of thioether (sulfide) groups is 1. The second kappa shape index (κ2) is 9.88. The Labute approximate surface area is 193 Å². The van der Waals surface area contributed by atoms with Gasteiger partial charge in [0.15, 0.2) is 11.5 Å². The lowest BCUT2D eigenvalue weighted by Gasteiger charge is -2.29. The summed E-state index contributed by atoms with van der Waals surface area (Å²) in [4.78, 5) is 15.5. The molecule has 1 aliphatic heterocycles. The van der Waals surface area contributed by atoms with Crippen molar-refractivity contribution < 1.29 is 14.3 Å². The fourth-order valence-corrected chi connectivity index (χ4v) is 5.54. The lowest BCUT2D eigenvalue weighted by Crippen LogP contribution is -2.39. The summed E-state index contributed by atoms with van der Waals surface area (Å²) in [6.45, 7) is 2.53. The fourth-order valence-electron chi connectivity index (χ4n) is 4.14. The Morgan fingerprint density at radius 1 is 1.13 bits per heavy atom. The van der Waals surface area contributed by atoms with Crippen molar-refractivity contribution in [2.24, 2.45) is 0 Å². The van der Waals surface area contributed by atoms with Gasteiger partial charge in [-0.2, -0.15) is 0 Å². The maximum atomic E-state index is 13.0. The molecule has 0 atom stereocenters. The molecule has 4 nitrogen and oxygen atoms in total. The van der Waals surface area contributed by atoms with E-state index in [2.05, 4.69) is 19.1 Å². The van der Waals surface area contributed by atoms with E-state index in [0.717, 1.165) is 24.0 Å². The van der Waals surface area contributed by atoms with Gasteiger partial charge >= 0.3 is 0 Å². The minimum absolute atomic E-state index is 0.0284. The highest BCUT2D eigenvalue weighted by atomic mass is 32.2. The van der Waals surface area contributed by atoms with Gasteiger partial charge in [-0.15, -0.1) is 0 Å². The van der Waals surface area contributed by atoms with Crippen molar-refractivity contribution in [1.82, 2.24) is 4.90 Å². The quantitative estimate of drug-likeness (QED) is 0.389. The number of nitrogens with zero attached hydrogens (tertiary/aromatic N) is 1. The molecule has 2 aromatic rings. The maximum absolute atomic E-state index is 13.0. The summed E-state index contributed by atoms with van der Waals surface area (Å²) in [5.41, 5.74) is 3.20. The van der Waals surface area contributed by atoms with E-state index in [1.807, 2.05) is 41.3 Å². The standard InChI is InChI=1S/C25H27NO3S2/c1-17-7-6-8-19(13-17)16-29-21-12-11-18(14-22(21)28-2)15-23-24(27)26(25(30)31-23)20-9-4-3-5-10-20/h6-8,11-15,20H,3-5,9-10,16H2,1-2H3/b23-15+. The predicted molar refractivity (Wildman–Crippen MR) is 130 cm³/mol. The molecule has 2 aliphatic rings. The van der Waals surface area contributed by atoms with Crippen molar-refractivity contribution in [2.45, 2.75) is 51.7 Å². The van der Waals surface area contributed by atoms with E-state index in [9.17, 15) is 4.79 Å². The number of rotatable bonds is 6. The van der Waals surface area contributed by atoms with Gasteiger partial charge in [0.25, 0.3) is 5.91 Å². The molecule has 1 saturated carbocycles. The highest BCUT2D eigenvalue weighted by molar-refractivity contribution is 8.26. The number of benzene rings is 2. The minimum Gasteiger partial charge on any atom is -0.493 e. The van der Waals surface area contributed by atoms with E-state index < -0.39 is 0 Å². The molecule has 0 N–H and O–H groups in total. The summed E-state index contributed by atoms with van der Waals surface area (Å²) in [5, 5.41) is 0. The SMILES string of the molecule is COc1cc(/C=C2/SC(=S)N(C3CCCCC3)C2=O)ccc1OCc1cccc(C)c1. The molecular weight excluding hydrogens is 426 g/mol. The number of amides is 1. The number of aryl methyl sites for hydroxylation is 1. The third-order valence-corrected chi connectivity index (χ3v) is 7.06. The molecule has 2 fully saturated rings. The third-order valence-electron chi connectivity index (χ3n) is 5.73. The molecule has 2 aromatic carbocycles. The number of ether oxygens (including phenoxy) is 2. The molecule has 6 heteroatoms. The van der Waals surface area contributed by atoms with Gasteiger partial charge in [-0.1, -0.05) is 79.1 Å². The number of hydrogen-bond donors (Lipinski definition) is 0. The van der Waals surface area contributed by atoms with E-state index in [1.54, 1.807) is 7.11 Å². The number of methoxy groups -OCH3 is 1. The summed E-state index contributed by atoms with van der Waals surface area (Å²) in [5.74, 6) is 1.35. The van der Waals surface area contributed by atoms with Crippen molar-refractivity contribution in [3.8, 4) is 11.5 Å². The van der Waals surface area contributed by atoms with Gasteiger partial charge in [0, 0.05) is 6.04 Å². The van der Waals surface area contributed by atoms with Crippen LogP contribution in [0.4, 0.5) is 0 Å². The minimum atomic E-state index is 0.0284. The Bertz CT molecular complexity index is 1010. The highest BCUT2D eigenvalue weighted by Gasteiger charge is 2.37. The van der Waals surface area contributed by atoms with E-state index in [0.29, 0.717) is 27.3 Å². The van der Waals surface area contributed by atoms with Crippen LogP contribution in [0.15, 0.2) is 47.4 Å². The van der Waals surface area contributed by atoms with Crippen LogP contribution >= 0.6 is 24.0 Å². The van der Waals surface area contributed by atoms with Crippen molar-refractivity contribution in [3.05, 3.63) is 64.1 Å². The summed E-state index contributed by atoms with van der Waals surface area (Å²) >= 11 is 6.93. The van der Waals surface area contributed by atoms with Gasteiger partial charge < -0.3 is 9.47 Å². The summed E-state index contributed by atoms with van der Waals surface area (Å²) in [6, 6.07) is 14.2. The number of carbonyl (C=O) groups is 1. The summed E-state index contributed by atoms with van der Waals surface area (Å²) in [7, 11) is 1.63. The monoisotopic (exact) mass is 453 g/mol. The van der Waals surface area contributed by atoms with Crippen LogP contribution in [0.2, 0.25) is 0 Å². The molecule has 0 spiro atoms. The van der Waals surface area contributed by atoms with Crippen LogP contribution in [-0.2, 0) is 11.4 Å². The number of thiocarbonyl (C=S) groups is 1. The normalized spacial score (nSPS) is 18.6. The Balaban J connectivity index is 1.49. The Morgan fingerprint density at radius 3 is 2.68 bits per heavy atom. The largest absolute Gasteiger partial charge is 0.493 e. The Hall–Kier alpha value is -2.31. The molecule has 1 amide bonds. The average Bonchev–Trinajstić information content (AvgIpc) is 3.06. The molecule has 0 radical (unpaired) electrons. The maximum Gasteiger partial charge on any atom is 0.266 e. The van der Waals surface area contributed by atoms with E-state index in [4.69, 9.17) is 21.7 Å². The van der Waals surface area contributed by atoms with Crippen molar-refractivity contribution in [3.63, 3.8) is 0 Å². The van der Waals surface area contributed by atoms with Gasteiger partial charge in [0.1, 0.15) is 10.9 Å². The van der Waals surface area contributed by atoms with Crippen LogP contribution in [0.5, 0.6) is 11.5 Å². The Morgan fingerprint density at radius 2 is 1.94 bits per heavy atom. The first-order valence-electron chi connectivity index (χ1n) is 10.7. The zero-order chi connectivity index (χ0) is 21.8. The molecule has 162 valence electrons. The Kier molecular flexibility index (Phi) is 6.98. The second-order valence-corrected chi connectivity index (χ2v) is 9.71. The van der Waals surface area contributed by atoms with Crippen LogP contribution < -0.4 is 9.47 Å².